The lowest BCUT2D eigenvalue weighted by molar-refractivity contribution is -0.383. The predicted molar refractivity (Wildman–Crippen MR) is 142 cm³/mol. The molecule has 3 rings (SSSR count). The smallest absolute Gasteiger partial charge is 0.441 e. The quantitative estimate of drug-likeness (QED) is 0.223. The fourth-order valence-electron chi connectivity index (χ4n) is 3.55. The molecule has 0 atom stereocenters. The molecule has 2 aromatic carbocycles. The normalized spacial score (nSPS) is 11.7. The molecule has 0 aliphatic rings. The number of nitro groups is 1. The van der Waals surface area contributed by atoms with Gasteiger partial charge in [0.15, 0.2) is 5.13 Å². The molecule has 0 radical (unpaired) electrons. The number of nitrogens with one attached hydrogen (secondary N) is 1. The molecule has 0 saturated heterocycles. The summed E-state index contributed by atoms with van der Waals surface area (Å²) in [6.45, 7) is 7.58. The Kier molecular flexibility index (Phi) is 8.95. The van der Waals surface area contributed by atoms with Crippen molar-refractivity contribution in [2.24, 2.45) is 0 Å². The van der Waals surface area contributed by atoms with Gasteiger partial charge in [0.05, 0.1) is 4.92 Å². The van der Waals surface area contributed by atoms with Crippen LogP contribution in [0.1, 0.15) is 56.6 Å². The fourth-order valence-corrected chi connectivity index (χ4v) is 4.35. The van der Waals surface area contributed by atoms with E-state index < -0.39 is 44.5 Å². The zero-order valence-electron chi connectivity index (χ0n) is 21.7. The highest BCUT2D eigenvalue weighted by molar-refractivity contribution is 7.19. The van der Waals surface area contributed by atoms with Crippen LogP contribution in [0, 0.1) is 10.1 Å². The Morgan fingerprint density at radius 1 is 1.13 bits per heavy atom. The van der Waals surface area contributed by atoms with Crippen molar-refractivity contribution in [1.82, 2.24) is 4.98 Å². The Balaban J connectivity index is 2.05. The van der Waals surface area contributed by atoms with Crippen molar-refractivity contribution in [3.8, 4) is 11.1 Å². The van der Waals surface area contributed by atoms with Crippen LogP contribution in [-0.2, 0) is 10.9 Å². The lowest BCUT2D eigenvalue weighted by Gasteiger charge is -2.28. The summed E-state index contributed by atoms with van der Waals surface area (Å²) in [6, 6.07) is 13.3. The van der Waals surface area contributed by atoms with Crippen molar-refractivity contribution in [2.45, 2.75) is 52.3 Å². The fraction of sp³-hybridized carbons (Fsp3) is 0.346. The molecule has 0 aliphatic carbocycles. The first-order chi connectivity index (χ1) is 18.2. The number of alkyl halides is 3. The number of aromatic nitrogens is 1. The van der Waals surface area contributed by atoms with Crippen molar-refractivity contribution < 1.29 is 32.4 Å². The zero-order valence-corrected chi connectivity index (χ0v) is 22.5. The Morgan fingerprint density at radius 2 is 1.79 bits per heavy atom. The van der Waals surface area contributed by atoms with Gasteiger partial charge in [-0.2, -0.15) is 13.2 Å². The van der Waals surface area contributed by atoms with Gasteiger partial charge in [-0.1, -0.05) is 43.7 Å². The van der Waals surface area contributed by atoms with E-state index in [0.717, 1.165) is 6.42 Å². The number of thiazole rings is 1. The van der Waals surface area contributed by atoms with Crippen molar-refractivity contribution in [3.05, 3.63) is 69.9 Å². The second-order valence-electron chi connectivity index (χ2n) is 9.46. The van der Waals surface area contributed by atoms with Crippen molar-refractivity contribution in [3.63, 3.8) is 0 Å². The zero-order chi connectivity index (χ0) is 29.0. The molecule has 0 fully saturated rings. The number of carbonyl (C=O) groups excluding carboxylic acids is 2. The van der Waals surface area contributed by atoms with E-state index in [2.05, 4.69) is 10.3 Å². The van der Waals surface area contributed by atoms with Gasteiger partial charge in [0.1, 0.15) is 5.60 Å². The van der Waals surface area contributed by atoms with Gasteiger partial charge in [0.2, 0.25) is 5.69 Å². The van der Waals surface area contributed by atoms with Gasteiger partial charge in [0.25, 0.3) is 5.91 Å². The number of hydrogen-bond acceptors (Lipinski definition) is 7. The van der Waals surface area contributed by atoms with Gasteiger partial charge in [-0.15, -0.1) is 0 Å². The molecule has 2 amide bonds. The third-order valence-electron chi connectivity index (χ3n) is 5.26. The molecule has 1 aromatic heterocycles. The van der Waals surface area contributed by atoms with Crippen LogP contribution in [0.3, 0.4) is 0 Å². The summed E-state index contributed by atoms with van der Waals surface area (Å²) >= 11 is 0.114. The van der Waals surface area contributed by atoms with Crippen LogP contribution in [-0.4, -0.2) is 34.1 Å². The summed E-state index contributed by atoms with van der Waals surface area (Å²) in [7, 11) is 0. The van der Waals surface area contributed by atoms with E-state index in [4.69, 9.17) is 4.74 Å². The summed E-state index contributed by atoms with van der Waals surface area (Å²) in [5.74, 6) is -0.824. The highest BCUT2D eigenvalue weighted by atomic mass is 32.1. The lowest BCUT2D eigenvalue weighted by Crippen LogP contribution is -2.37. The van der Waals surface area contributed by atoms with E-state index >= 15 is 0 Å². The lowest BCUT2D eigenvalue weighted by atomic mass is 9.98. The van der Waals surface area contributed by atoms with E-state index in [1.165, 1.54) is 17.0 Å². The third kappa shape index (κ3) is 7.53. The summed E-state index contributed by atoms with van der Waals surface area (Å²) in [6.07, 6.45) is -4.14. The average Bonchev–Trinajstić information content (AvgIpc) is 3.28. The Morgan fingerprint density at radius 3 is 2.33 bits per heavy atom. The minimum absolute atomic E-state index is 0.0657. The number of nitrogens with zero attached hydrogens (tertiary/aromatic N) is 3. The topological polar surface area (TPSA) is 115 Å². The number of hydrogen-bond donors (Lipinski definition) is 1. The van der Waals surface area contributed by atoms with E-state index in [1.54, 1.807) is 57.2 Å². The van der Waals surface area contributed by atoms with E-state index in [-0.39, 0.29) is 16.9 Å². The molecular weight excluding hydrogens is 537 g/mol. The van der Waals surface area contributed by atoms with Crippen LogP contribution < -0.4 is 10.2 Å². The van der Waals surface area contributed by atoms with Crippen molar-refractivity contribution in [2.75, 3.05) is 16.8 Å². The maximum Gasteiger partial charge on any atom is 0.441 e. The molecule has 0 bridgehead atoms. The summed E-state index contributed by atoms with van der Waals surface area (Å²) in [5, 5.41) is 11.6. The first kappa shape index (κ1) is 29.6. The second-order valence-corrected chi connectivity index (χ2v) is 10.4. The maximum absolute atomic E-state index is 13.2. The van der Waals surface area contributed by atoms with Gasteiger partial charge in [-0.25, -0.2) is 9.78 Å². The number of rotatable bonds is 8. The van der Waals surface area contributed by atoms with E-state index in [9.17, 15) is 32.9 Å². The Hall–Kier alpha value is -4.00. The Labute approximate surface area is 226 Å². The maximum atomic E-state index is 13.2. The third-order valence-corrected chi connectivity index (χ3v) is 6.18. The highest BCUT2D eigenvalue weighted by Gasteiger charge is 2.43. The van der Waals surface area contributed by atoms with Crippen molar-refractivity contribution >= 4 is 39.2 Å². The second kappa shape index (κ2) is 11.8. The minimum atomic E-state index is -5.07. The SMILES string of the molecule is CCCCN(C(=O)OC(C)(C)C)c1ccc(C(=O)Nc2nc(C(F)(F)F)c([N+](=O)[O-])s2)c(-c2ccccc2)c1. The van der Waals surface area contributed by atoms with Gasteiger partial charge >= 0.3 is 17.3 Å². The number of benzene rings is 2. The summed E-state index contributed by atoms with van der Waals surface area (Å²) in [4.78, 5) is 40.9. The van der Waals surface area contributed by atoms with Crippen LogP contribution in [0.25, 0.3) is 11.1 Å². The molecule has 0 aliphatic heterocycles. The number of carbonyl (C=O) groups is 2. The number of anilines is 2. The Bertz CT molecular complexity index is 1350. The van der Waals surface area contributed by atoms with Gasteiger partial charge in [0, 0.05) is 17.8 Å². The molecular formula is C26H27F3N4O5S. The number of amides is 2. The van der Waals surface area contributed by atoms with Gasteiger partial charge < -0.3 is 4.74 Å². The predicted octanol–water partition coefficient (Wildman–Crippen LogP) is 7.53. The number of unbranched alkanes of at least 4 members (excludes halogenated alkanes) is 1. The molecule has 1 N–H and O–H groups in total. The number of halogens is 3. The monoisotopic (exact) mass is 564 g/mol. The van der Waals surface area contributed by atoms with Crippen LogP contribution >= 0.6 is 11.3 Å². The highest BCUT2D eigenvalue weighted by Crippen LogP contribution is 2.41. The molecule has 13 heteroatoms. The standard InChI is InChI=1S/C26H27F3N4O5S/c1-5-6-14-32(24(35)38-25(2,3)4)17-12-13-18(19(15-17)16-10-8-7-9-11-16)21(34)31-23-30-20(26(27,28)29)22(39-23)33(36)37/h7-13,15H,5-6,14H2,1-4H3,(H,30,31,34). The summed E-state index contributed by atoms with van der Waals surface area (Å²) in [5.41, 5.74) is -0.915. The largest absolute Gasteiger partial charge is 0.443 e. The molecule has 1 heterocycles. The first-order valence-corrected chi connectivity index (χ1v) is 12.8. The van der Waals surface area contributed by atoms with Crippen LogP contribution in [0.4, 0.5) is 33.8 Å². The average molecular weight is 565 g/mol. The molecule has 0 saturated carbocycles. The molecule has 0 unspecified atom stereocenters. The van der Waals surface area contributed by atoms with E-state index in [0.29, 0.717) is 29.8 Å². The van der Waals surface area contributed by atoms with Gasteiger partial charge in [-0.3, -0.25) is 25.1 Å². The summed E-state index contributed by atoms with van der Waals surface area (Å²) < 4.78 is 45.3. The van der Waals surface area contributed by atoms with Gasteiger partial charge in [-0.05, 0) is 67.9 Å². The molecule has 39 heavy (non-hydrogen) atoms. The molecule has 208 valence electrons. The first-order valence-electron chi connectivity index (χ1n) is 11.9. The number of ether oxygens (including phenoxy) is 1. The molecule has 3 aromatic rings. The van der Waals surface area contributed by atoms with Crippen LogP contribution in [0.15, 0.2) is 48.5 Å². The molecule has 9 nitrogen and oxygen atoms in total. The van der Waals surface area contributed by atoms with Crippen LogP contribution in [0.5, 0.6) is 0 Å². The minimum Gasteiger partial charge on any atom is -0.443 e. The van der Waals surface area contributed by atoms with Crippen LogP contribution in [0.2, 0.25) is 0 Å². The van der Waals surface area contributed by atoms with Crippen molar-refractivity contribution in [1.29, 1.82) is 0 Å². The molecule has 0 spiro atoms. The van der Waals surface area contributed by atoms with E-state index in [1.807, 2.05) is 6.92 Å².